The molecule has 1 unspecified atom stereocenters. The Morgan fingerprint density at radius 3 is 2.82 bits per heavy atom. The van der Waals surface area contributed by atoms with Crippen molar-refractivity contribution in [1.82, 2.24) is 20.0 Å². The largest absolute Gasteiger partial charge is 0.383 e. The summed E-state index contributed by atoms with van der Waals surface area (Å²) in [6, 6.07) is 0.439. The first-order valence-electron chi connectivity index (χ1n) is 7.78. The lowest BCUT2D eigenvalue weighted by Gasteiger charge is -2.39. The van der Waals surface area contributed by atoms with Gasteiger partial charge in [0.25, 0.3) is 0 Å². The second-order valence-electron chi connectivity index (χ2n) is 5.97. The summed E-state index contributed by atoms with van der Waals surface area (Å²) in [5, 5.41) is 9.93. The van der Waals surface area contributed by atoms with E-state index in [0.717, 1.165) is 49.9 Å². The minimum atomic E-state index is 0.0186. The summed E-state index contributed by atoms with van der Waals surface area (Å²) < 4.78 is 5.14. The Kier molecular flexibility index (Phi) is 5.93. The van der Waals surface area contributed by atoms with Gasteiger partial charge >= 0.3 is 0 Å². The molecule has 1 aromatic rings. The predicted molar refractivity (Wildman–Crippen MR) is 86.0 cm³/mol. The molecular weight excluding hydrogens is 282 g/mol. The van der Waals surface area contributed by atoms with Crippen LogP contribution in [0.2, 0.25) is 0 Å². The quantitative estimate of drug-likeness (QED) is 0.806. The van der Waals surface area contributed by atoms with Gasteiger partial charge in [0.2, 0.25) is 5.91 Å². The molecule has 2 N–H and O–H groups in total. The molecule has 0 aliphatic carbocycles. The Balaban J connectivity index is 1.81. The highest BCUT2D eigenvalue weighted by Crippen LogP contribution is 2.16. The van der Waals surface area contributed by atoms with Crippen LogP contribution in [0.5, 0.6) is 0 Å². The van der Waals surface area contributed by atoms with Gasteiger partial charge in [0, 0.05) is 39.3 Å². The standard InChI is InChI=1S/C15H27N5O2/c1-11-9-19(5-6-20(11)7-8-22-4)10-14(21)16-15-12(2)17-18-13(15)3/h11H,5-10H2,1-4H3,(H,16,21)(H,17,18). The lowest BCUT2D eigenvalue weighted by molar-refractivity contribution is -0.118. The van der Waals surface area contributed by atoms with E-state index in [0.29, 0.717) is 12.6 Å². The fourth-order valence-corrected chi connectivity index (χ4v) is 2.87. The molecule has 1 aliphatic rings. The molecule has 1 amide bonds. The Hall–Kier alpha value is -1.44. The number of rotatable bonds is 6. The first kappa shape index (κ1) is 16.9. The molecule has 0 bridgehead atoms. The van der Waals surface area contributed by atoms with E-state index in [2.05, 4.69) is 32.2 Å². The number of piperazine rings is 1. The summed E-state index contributed by atoms with van der Waals surface area (Å²) in [5.74, 6) is 0.0186. The van der Waals surface area contributed by atoms with Crippen molar-refractivity contribution in [2.45, 2.75) is 26.8 Å². The van der Waals surface area contributed by atoms with E-state index in [9.17, 15) is 4.79 Å². The fraction of sp³-hybridized carbons (Fsp3) is 0.733. The monoisotopic (exact) mass is 309 g/mol. The van der Waals surface area contributed by atoms with Crippen LogP contribution >= 0.6 is 0 Å². The number of nitrogens with one attached hydrogen (secondary N) is 2. The van der Waals surface area contributed by atoms with Crippen molar-refractivity contribution >= 4 is 11.6 Å². The Bertz CT molecular complexity index is 483. The SMILES string of the molecule is COCCN1CCN(CC(=O)Nc2c(C)n[nH]c2C)CC1C. The molecule has 7 nitrogen and oxygen atoms in total. The Morgan fingerprint density at radius 1 is 1.45 bits per heavy atom. The number of anilines is 1. The molecule has 1 aromatic heterocycles. The van der Waals surface area contributed by atoms with Gasteiger partial charge in [-0.05, 0) is 20.8 Å². The number of carbonyl (C=O) groups excluding carboxylic acids is 1. The van der Waals surface area contributed by atoms with Crippen LogP contribution in [-0.4, -0.2) is 78.4 Å². The summed E-state index contributed by atoms with van der Waals surface area (Å²) in [5.41, 5.74) is 2.52. The van der Waals surface area contributed by atoms with Crippen LogP contribution in [0.4, 0.5) is 5.69 Å². The van der Waals surface area contributed by atoms with E-state index in [1.165, 1.54) is 0 Å². The maximum atomic E-state index is 12.2. The zero-order chi connectivity index (χ0) is 16.1. The maximum Gasteiger partial charge on any atom is 0.238 e. The molecule has 0 spiro atoms. The van der Waals surface area contributed by atoms with E-state index in [4.69, 9.17) is 4.74 Å². The molecule has 22 heavy (non-hydrogen) atoms. The van der Waals surface area contributed by atoms with Crippen LogP contribution in [0.1, 0.15) is 18.3 Å². The average Bonchev–Trinajstić information content (AvgIpc) is 2.78. The van der Waals surface area contributed by atoms with E-state index < -0.39 is 0 Å². The summed E-state index contributed by atoms with van der Waals surface area (Å²) in [4.78, 5) is 16.8. The number of carbonyl (C=O) groups is 1. The number of amides is 1. The number of aryl methyl sites for hydroxylation is 2. The summed E-state index contributed by atoms with van der Waals surface area (Å²) >= 11 is 0. The lowest BCUT2D eigenvalue weighted by atomic mass is 10.2. The van der Waals surface area contributed by atoms with E-state index >= 15 is 0 Å². The second-order valence-corrected chi connectivity index (χ2v) is 5.97. The Labute approximate surface area is 132 Å². The summed E-state index contributed by atoms with van der Waals surface area (Å²) in [7, 11) is 1.73. The average molecular weight is 309 g/mol. The third kappa shape index (κ3) is 4.28. The highest BCUT2D eigenvalue weighted by atomic mass is 16.5. The van der Waals surface area contributed by atoms with Gasteiger partial charge in [-0.25, -0.2) is 0 Å². The highest BCUT2D eigenvalue weighted by molar-refractivity contribution is 5.93. The van der Waals surface area contributed by atoms with Crippen molar-refractivity contribution in [1.29, 1.82) is 0 Å². The molecule has 124 valence electrons. The number of hydrogen-bond acceptors (Lipinski definition) is 5. The normalized spacial score (nSPS) is 20.3. The minimum Gasteiger partial charge on any atom is -0.383 e. The van der Waals surface area contributed by atoms with Gasteiger partial charge in [-0.1, -0.05) is 0 Å². The molecule has 7 heteroatoms. The van der Waals surface area contributed by atoms with E-state index in [1.54, 1.807) is 7.11 Å². The van der Waals surface area contributed by atoms with Gasteiger partial charge in [-0.15, -0.1) is 0 Å². The summed E-state index contributed by atoms with van der Waals surface area (Å²) in [6.07, 6.45) is 0. The number of aromatic amines is 1. The number of hydrogen-bond donors (Lipinski definition) is 2. The minimum absolute atomic E-state index is 0.0186. The molecule has 1 saturated heterocycles. The van der Waals surface area contributed by atoms with E-state index in [-0.39, 0.29) is 5.91 Å². The second kappa shape index (κ2) is 7.71. The number of methoxy groups -OCH3 is 1. The molecule has 2 rings (SSSR count). The molecule has 0 radical (unpaired) electrons. The molecule has 2 heterocycles. The van der Waals surface area contributed by atoms with Crippen LogP contribution in [0, 0.1) is 13.8 Å². The molecule has 1 aliphatic heterocycles. The van der Waals surface area contributed by atoms with Gasteiger partial charge in [0.1, 0.15) is 0 Å². The lowest BCUT2D eigenvalue weighted by Crippen LogP contribution is -2.54. The van der Waals surface area contributed by atoms with Gasteiger partial charge in [0.15, 0.2) is 0 Å². The smallest absolute Gasteiger partial charge is 0.238 e. The van der Waals surface area contributed by atoms with Crippen molar-refractivity contribution in [3.63, 3.8) is 0 Å². The van der Waals surface area contributed by atoms with Crippen LogP contribution in [-0.2, 0) is 9.53 Å². The molecule has 0 aromatic carbocycles. The molecule has 0 saturated carbocycles. The van der Waals surface area contributed by atoms with E-state index in [1.807, 2.05) is 13.8 Å². The zero-order valence-corrected chi connectivity index (χ0v) is 14.0. The van der Waals surface area contributed by atoms with Crippen molar-refractivity contribution in [3.05, 3.63) is 11.4 Å². The van der Waals surface area contributed by atoms with Crippen molar-refractivity contribution < 1.29 is 9.53 Å². The number of H-pyrrole nitrogens is 1. The zero-order valence-electron chi connectivity index (χ0n) is 14.0. The third-order valence-electron chi connectivity index (χ3n) is 4.19. The topological polar surface area (TPSA) is 73.5 Å². The van der Waals surface area contributed by atoms with Crippen LogP contribution in [0.15, 0.2) is 0 Å². The van der Waals surface area contributed by atoms with Crippen molar-refractivity contribution in [3.8, 4) is 0 Å². The van der Waals surface area contributed by atoms with Crippen molar-refractivity contribution in [2.75, 3.05) is 51.8 Å². The van der Waals surface area contributed by atoms with Crippen LogP contribution < -0.4 is 5.32 Å². The predicted octanol–water partition coefficient (Wildman–Crippen LogP) is 0.618. The first-order chi connectivity index (χ1) is 10.5. The van der Waals surface area contributed by atoms with Gasteiger partial charge in [-0.3, -0.25) is 19.7 Å². The number of nitrogens with zero attached hydrogens (tertiary/aromatic N) is 3. The van der Waals surface area contributed by atoms with Gasteiger partial charge in [0.05, 0.1) is 30.2 Å². The maximum absolute atomic E-state index is 12.2. The summed E-state index contributed by atoms with van der Waals surface area (Å²) in [6.45, 7) is 10.9. The number of aromatic nitrogens is 2. The molecule has 1 fully saturated rings. The van der Waals surface area contributed by atoms with Crippen LogP contribution in [0.25, 0.3) is 0 Å². The Morgan fingerprint density at radius 2 is 2.23 bits per heavy atom. The van der Waals surface area contributed by atoms with Crippen molar-refractivity contribution in [2.24, 2.45) is 0 Å². The highest BCUT2D eigenvalue weighted by Gasteiger charge is 2.24. The fourth-order valence-electron chi connectivity index (χ4n) is 2.87. The molecular formula is C15H27N5O2. The molecule has 1 atom stereocenters. The van der Waals surface area contributed by atoms with Crippen LogP contribution in [0.3, 0.4) is 0 Å². The van der Waals surface area contributed by atoms with Gasteiger partial charge < -0.3 is 10.1 Å². The first-order valence-corrected chi connectivity index (χ1v) is 7.78. The third-order valence-corrected chi connectivity index (χ3v) is 4.19. The number of ether oxygens (including phenoxy) is 1. The van der Waals surface area contributed by atoms with Gasteiger partial charge in [-0.2, -0.15) is 5.10 Å².